The van der Waals surface area contributed by atoms with Gasteiger partial charge in [0.15, 0.2) is 0 Å². The number of imide groups is 1. The van der Waals surface area contributed by atoms with Crippen molar-refractivity contribution in [2.75, 3.05) is 10.6 Å². The van der Waals surface area contributed by atoms with Crippen LogP contribution >= 0.6 is 0 Å². The van der Waals surface area contributed by atoms with Crippen molar-refractivity contribution >= 4 is 44.1 Å². The van der Waals surface area contributed by atoms with Crippen LogP contribution in [0.4, 0.5) is 11.4 Å². The Morgan fingerprint density at radius 1 is 0.966 bits per heavy atom. The zero-order valence-electron chi connectivity index (χ0n) is 16.0. The van der Waals surface area contributed by atoms with E-state index in [-0.39, 0.29) is 57.1 Å². The van der Waals surface area contributed by atoms with Crippen molar-refractivity contribution in [2.24, 2.45) is 0 Å². The van der Waals surface area contributed by atoms with Gasteiger partial charge in [0.2, 0.25) is 0 Å². The maximum Gasteiger partial charge on any atom is 1.00 e. The van der Waals surface area contributed by atoms with Gasteiger partial charge in [-0.2, -0.15) is 0 Å². The predicted molar refractivity (Wildman–Crippen MR) is 103 cm³/mol. The number of hydrogen-bond donors (Lipinski definition) is 1. The Balaban J connectivity index is 0.00000240. The Hall–Kier alpha value is -2.23. The van der Waals surface area contributed by atoms with Crippen molar-refractivity contribution in [3.63, 3.8) is 0 Å². The Morgan fingerprint density at radius 3 is 2.24 bits per heavy atom. The summed E-state index contributed by atoms with van der Waals surface area (Å²) in [6.07, 6.45) is 0. The predicted octanol–water partition coefficient (Wildman–Crippen LogP) is -0.252. The number of rotatable bonds is 2. The largest absolute Gasteiger partial charge is 1.00 e. The van der Waals surface area contributed by atoms with Gasteiger partial charge in [-0.25, -0.2) is 13.3 Å². The molecule has 0 unspecified atom stereocenters. The molecule has 1 aliphatic rings. The zero-order chi connectivity index (χ0) is 20.4. The number of anilines is 2. The maximum atomic E-state index is 13.2. The number of amides is 2. The topological polar surface area (TPSA) is 121 Å². The monoisotopic (exact) mass is 418 g/mol. The van der Waals surface area contributed by atoms with Crippen LogP contribution in [0.15, 0.2) is 47.4 Å². The summed E-state index contributed by atoms with van der Waals surface area (Å²) in [6, 6.07) is 10.8. The van der Waals surface area contributed by atoms with E-state index in [9.17, 15) is 22.6 Å². The molecule has 3 aromatic carbocycles. The fraction of sp³-hybridized carbons (Fsp3) is 0.100. The Labute approximate surface area is 189 Å². The first-order valence-electron chi connectivity index (χ1n) is 8.38. The fourth-order valence-electron chi connectivity index (χ4n) is 3.64. The van der Waals surface area contributed by atoms with Crippen LogP contribution in [-0.2, 0) is 10.1 Å². The molecule has 0 radical (unpaired) electrons. The minimum atomic E-state index is -4.91. The third-order valence-corrected chi connectivity index (χ3v) is 5.77. The molecule has 0 fully saturated rings. The molecule has 0 aromatic heterocycles. The van der Waals surface area contributed by atoms with Gasteiger partial charge in [-0.15, -0.1) is 0 Å². The smallest absolute Gasteiger partial charge is 0.744 e. The molecule has 0 aliphatic carbocycles. The van der Waals surface area contributed by atoms with Gasteiger partial charge in [-0.05, 0) is 37.6 Å². The summed E-state index contributed by atoms with van der Waals surface area (Å²) in [4.78, 5) is 26.7. The number of benzene rings is 3. The van der Waals surface area contributed by atoms with Gasteiger partial charge in [0.05, 0.1) is 21.8 Å². The second-order valence-electron chi connectivity index (χ2n) is 6.75. The number of nitrogens with two attached hydrogens (primary N) is 1. The van der Waals surface area contributed by atoms with Gasteiger partial charge < -0.3 is 10.3 Å². The van der Waals surface area contributed by atoms with Gasteiger partial charge >= 0.3 is 29.6 Å². The third kappa shape index (κ3) is 3.27. The van der Waals surface area contributed by atoms with E-state index in [0.29, 0.717) is 11.3 Å². The van der Waals surface area contributed by atoms with Crippen LogP contribution in [0.1, 0.15) is 31.8 Å². The standard InChI is InChI=1S/C20H16N2O5S.Na/c1-10-6-7-15(11(2)8-10)22-19(23)13-5-3-4-12-17(13)14(20(22)24)9-16(18(12)21)28(25,26)27;/h3-9H,21H2,1-2H3,(H,25,26,27);/q;+1/p-1. The van der Waals surface area contributed by atoms with Crippen molar-refractivity contribution in [3.05, 3.63) is 64.7 Å². The molecule has 0 spiro atoms. The second-order valence-corrected chi connectivity index (χ2v) is 8.10. The quantitative estimate of drug-likeness (QED) is 0.265. The molecule has 3 aromatic rings. The normalized spacial score (nSPS) is 13.6. The summed E-state index contributed by atoms with van der Waals surface area (Å²) < 4.78 is 35.0. The third-order valence-electron chi connectivity index (χ3n) is 4.89. The van der Waals surface area contributed by atoms with E-state index >= 15 is 0 Å². The molecular weight excluding hydrogens is 403 g/mol. The summed E-state index contributed by atoms with van der Waals surface area (Å²) in [5.74, 6) is -1.24. The first-order chi connectivity index (χ1) is 13.1. The van der Waals surface area contributed by atoms with Crippen LogP contribution in [0.2, 0.25) is 0 Å². The van der Waals surface area contributed by atoms with Gasteiger partial charge in [-0.3, -0.25) is 9.59 Å². The van der Waals surface area contributed by atoms with Crippen molar-refractivity contribution in [1.29, 1.82) is 0 Å². The summed E-state index contributed by atoms with van der Waals surface area (Å²) in [6.45, 7) is 3.66. The SMILES string of the molecule is Cc1ccc(N2C(=O)c3cccc4c(N)c(S(=O)(=O)[O-])cc(c34)C2=O)c(C)c1.[Na+]. The van der Waals surface area contributed by atoms with E-state index in [1.807, 2.05) is 13.0 Å². The molecule has 0 atom stereocenters. The summed E-state index contributed by atoms with van der Waals surface area (Å²) in [7, 11) is -4.91. The van der Waals surface area contributed by atoms with Crippen molar-refractivity contribution < 1.29 is 52.1 Å². The molecule has 0 saturated heterocycles. The number of hydrogen-bond acceptors (Lipinski definition) is 6. The van der Waals surface area contributed by atoms with E-state index in [0.717, 1.165) is 16.5 Å². The van der Waals surface area contributed by atoms with Gasteiger partial charge in [-0.1, -0.05) is 29.8 Å². The van der Waals surface area contributed by atoms with Gasteiger partial charge in [0.1, 0.15) is 10.1 Å². The van der Waals surface area contributed by atoms with Crippen molar-refractivity contribution in [2.45, 2.75) is 18.7 Å². The molecule has 4 rings (SSSR count). The van der Waals surface area contributed by atoms with Crippen LogP contribution in [-0.4, -0.2) is 24.8 Å². The Bertz CT molecular complexity index is 1320. The molecular formula is C20H15N2NaO5S. The van der Waals surface area contributed by atoms with Crippen molar-refractivity contribution in [3.8, 4) is 0 Å². The van der Waals surface area contributed by atoms with Crippen LogP contribution in [0, 0.1) is 13.8 Å². The van der Waals surface area contributed by atoms with E-state index in [2.05, 4.69) is 0 Å². The van der Waals surface area contributed by atoms with Crippen LogP contribution in [0.5, 0.6) is 0 Å². The molecule has 142 valence electrons. The van der Waals surface area contributed by atoms with E-state index in [1.165, 1.54) is 12.1 Å². The minimum absolute atomic E-state index is 0. The fourth-order valence-corrected chi connectivity index (χ4v) is 4.28. The molecule has 1 aliphatic heterocycles. The van der Waals surface area contributed by atoms with Crippen LogP contribution in [0.3, 0.4) is 0 Å². The molecule has 7 nitrogen and oxygen atoms in total. The minimum Gasteiger partial charge on any atom is -0.744 e. The molecule has 29 heavy (non-hydrogen) atoms. The Morgan fingerprint density at radius 2 is 1.62 bits per heavy atom. The average Bonchev–Trinajstić information content (AvgIpc) is 2.61. The number of nitrogen functional groups attached to an aromatic ring is 1. The van der Waals surface area contributed by atoms with Gasteiger partial charge in [0, 0.05) is 16.3 Å². The number of carbonyl (C=O) groups excluding carboxylic acids is 2. The van der Waals surface area contributed by atoms with Crippen LogP contribution < -0.4 is 40.2 Å². The van der Waals surface area contributed by atoms with Crippen LogP contribution in [0.25, 0.3) is 10.8 Å². The molecule has 9 heteroatoms. The summed E-state index contributed by atoms with van der Waals surface area (Å²) in [5.41, 5.74) is 7.86. The number of aryl methyl sites for hydroxylation is 2. The molecule has 0 saturated carbocycles. The Kier molecular flexibility index (Phi) is 5.35. The first kappa shape index (κ1) is 21.5. The molecule has 1 heterocycles. The summed E-state index contributed by atoms with van der Waals surface area (Å²) in [5, 5.41) is 0.440. The average molecular weight is 418 g/mol. The maximum absolute atomic E-state index is 13.2. The second kappa shape index (κ2) is 7.23. The first-order valence-corrected chi connectivity index (χ1v) is 9.79. The van der Waals surface area contributed by atoms with E-state index in [1.54, 1.807) is 25.1 Å². The zero-order valence-corrected chi connectivity index (χ0v) is 18.8. The number of carbonyl (C=O) groups is 2. The molecule has 0 bridgehead atoms. The summed E-state index contributed by atoms with van der Waals surface area (Å²) >= 11 is 0. The molecule has 2 N–H and O–H groups in total. The number of nitrogens with zero attached hydrogens (tertiary/aromatic N) is 1. The molecule has 2 amide bonds. The van der Waals surface area contributed by atoms with Gasteiger partial charge in [0.25, 0.3) is 11.8 Å². The van der Waals surface area contributed by atoms with E-state index in [4.69, 9.17) is 5.73 Å². The van der Waals surface area contributed by atoms with E-state index < -0.39 is 26.8 Å². The van der Waals surface area contributed by atoms with Crippen molar-refractivity contribution in [1.82, 2.24) is 0 Å².